The highest BCUT2D eigenvalue weighted by atomic mass is 28.4. The van der Waals surface area contributed by atoms with Crippen LogP contribution < -0.4 is 16.0 Å². The van der Waals surface area contributed by atoms with Gasteiger partial charge in [-0.2, -0.15) is 0 Å². The lowest BCUT2D eigenvalue weighted by Crippen LogP contribution is -2.43. The molecule has 0 aliphatic heterocycles. The Morgan fingerprint density at radius 2 is 0.724 bits per heavy atom. The second-order valence-corrected chi connectivity index (χ2v) is 22.0. The van der Waals surface area contributed by atoms with E-state index in [0.29, 0.717) is 76.5 Å². The van der Waals surface area contributed by atoms with Gasteiger partial charge >= 0.3 is 44.7 Å². The summed E-state index contributed by atoms with van der Waals surface area (Å²) in [6.07, 6.45) is 1.30. The van der Waals surface area contributed by atoms with Crippen molar-refractivity contribution in [2.45, 2.75) is 57.2 Å². The molecular formula is C34H73N3O18Si3. The van der Waals surface area contributed by atoms with E-state index in [1.165, 1.54) is 64.0 Å². The van der Waals surface area contributed by atoms with Crippen molar-refractivity contribution in [2.75, 3.05) is 143 Å². The van der Waals surface area contributed by atoms with Crippen LogP contribution >= 0.6 is 0 Å². The van der Waals surface area contributed by atoms with Gasteiger partial charge in [-0.1, -0.05) is 6.92 Å². The lowest BCUT2D eigenvalue weighted by atomic mass is 9.83. The quantitative estimate of drug-likeness (QED) is 0.0460. The first kappa shape index (κ1) is 56.0. The predicted molar refractivity (Wildman–Crippen MR) is 216 cm³/mol. The maximum absolute atomic E-state index is 12.2. The zero-order valence-corrected chi connectivity index (χ0v) is 39.5. The summed E-state index contributed by atoms with van der Waals surface area (Å²) >= 11 is 0. The summed E-state index contributed by atoms with van der Waals surface area (Å²) in [5.74, 6) is 0. The van der Waals surface area contributed by atoms with Gasteiger partial charge in [0.15, 0.2) is 0 Å². The number of nitrogens with one attached hydrogen (secondary N) is 3. The fourth-order valence-corrected chi connectivity index (χ4v) is 10.6. The number of hydrogen-bond donors (Lipinski definition) is 3. The summed E-state index contributed by atoms with van der Waals surface area (Å²) in [5.41, 5.74) is -0.477. The van der Waals surface area contributed by atoms with E-state index in [1.54, 1.807) is 0 Å². The summed E-state index contributed by atoms with van der Waals surface area (Å²) in [4.78, 5) is 36.5. The van der Waals surface area contributed by atoms with E-state index in [9.17, 15) is 14.4 Å². The number of carbonyl (C=O) groups excluding carboxylic acids is 3. The Kier molecular flexibility index (Phi) is 32.5. The van der Waals surface area contributed by atoms with Crippen molar-refractivity contribution in [2.24, 2.45) is 5.41 Å². The van der Waals surface area contributed by atoms with Gasteiger partial charge in [0.05, 0.1) is 33.0 Å². The Hall–Kier alpha value is -2.02. The first-order valence-corrected chi connectivity index (χ1v) is 25.1. The van der Waals surface area contributed by atoms with E-state index >= 15 is 0 Å². The third kappa shape index (κ3) is 23.7. The van der Waals surface area contributed by atoms with Gasteiger partial charge in [-0.25, -0.2) is 14.4 Å². The molecule has 0 aromatic heterocycles. The van der Waals surface area contributed by atoms with E-state index in [2.05, 4.69) is 16.0 Å². The van der Waals surface area contributed by atoms with Crippen molar-refractivity contribution < 1.29 is 82.6 Å². The lowest BCUT2D eigenvalue weighted by molar-refractivity contribution is -0.0556. The zero-order valence-electron chi connectivity index (χ0n) is 36.5. The van der Waals surface area contributed by atoms with Crippen LogP contribution in [0.25, 0.3) is 0 Å². The second kappa shape index (κ2) is 33.7. The van der Waals surface area contributed by atoms with E-state index in [-0.39, 0.29) is 52.9 Å². The van der Waals surface area contributed by atoms with Gasteiger partial charge in [0.1, 0.15) is 19.8 Å². The van der Waals surface area contributed by atoms with Crippen molar-refractivity contribution in [3.63, 3.8) is 0 Å². The number of hydrogen-bond acceptors (Lipinski definition) is 18. The van der Waals surface area contributed by atoms with Gasteiger partial charge < -0.3 is 84.2 Å². The van der Waals surface area contributed by atoms with Gasteiger partial charge in [-0.3, -0.25) is 0 Å². The Morgan fingerprint density at radius 3 is 1.00 bits per heavy atom. The van der Waals surface area contributed by atoms with Gasteiger partial charge in [0, 0.05) is 114 Å². The van der Waals surface area contributed by atoms with Crippen LogP contribution in [0.3, 0.4) is 0 Å². The molecule has 0 spiro atoms. The number of alkyl carbamates (subject to hydrolysis) is 3. The molecule has 0 unspecified atom stereocenters. The zero-order chi connectivity index (χ0) is 43.6. The average Bonchev–Trinajstić information content (AvgIpc) is 3.25. The summed E-state index contributed by atoms with van der Waals surface area (Å²) in [5, 5.41) is 8.09. The predicted octanol–water partition coefficient (Wildman–Crippen LogP) is 2.81. The maximum atomic E-state index is 12.2. The Labute approximate surface area is 348 Å². The highest BCUT2D eigenvalue weighted by Crippen LogP contribution is 2.28. The molecule has 0 aromatic carbocycles. The average molecular weight is 896 g/mol. The van der Waals surface area contributed by atoms with Crippen LogP contribution in [0.5, 0.6) is 0 Å². The monoisotopic (exact) mass is 895 g/mol. The molecule has 0 bridgehead atoms. The standard InChI is InChI=1S/C34H73N3O18Si3/c1-11-34(29-51-21-24-54-32(39)36-17-13-27-57(44-5,45-6)46-7,30-52-22-25-55-33(40)37-18-14-28-58(47-8,48-9)49-10)15-19-50-20-23-53-31(38)35-16-12-26-56(41-2,42-3)43-4/h11-30H2,1-10H3,(H,35,38)(H,36,39)(H,37,40). The molecule has 0 fully saturated rings. The molecule has 0 radical (unpaired) electrons. The highest BCUT2D eigenvalue weighted by Gasteiger charge is 2.38. The summed E-state index contributed by atoms with van der Waals surface area (Å²) in [7, 11) is 5.71. The molecule has 21 nitrogen and oxygen atoms in total. The van der Waals surface area contributed by atoms with Crippen LogP contribution in [0, 0.1) is 5.41 Å². The minimum atomic E-state index is -2.71. The largest absolute Gasteiger partial charge is 0.500 e. The van der Waals surface area contributed by atoms with Gasteiger partial charge in [0.25, 0.3) is 0 Å². The summed E-state index contributed by atoms with van der Waals surface area (Å²) < 4.78 is 81.9. The minimum Gasteiger partial charge on any atom is -0.447 e. The number of rotatable bonds is 38. The van der Waals surface area contributed by atoms with Crippen LogP contribution in [-0.4, -0.2) is 188 Å². The first-order chi connectivity index (χ1) is 27.9. The lowest BCUT2D eigenvalue weighted by Gasteiger charge is -2.32. The first-order valence-electron chi connectivity index (χ1n) is 19.3. The molecule has 0 aromatic rings. The minimum absolute atomic E-state index is 0.0395. The van der Waals surface area contributed by atoms with Crippen LogP contribution in [0.2, 0.25) is 18.1 Å². The molecule has 0 aliphatic rings. The van der Waals surface area contributed by atoms with Crippen molar-refractivity contribution in [3.05, 3.63) is 0 Å². The van der Waals surface area contributed by atoms with Crippen LogP contribution in [0.1, 0.15) is 39.0 Å². The summed E-state index contributed by atoms with van der Waals surface area (Å²) in [6.45, 7) is 4.64. The molecule has 0 aliphatic carbocycles. The molecule has 24 heteroatoms. The van der Waals surface area contributed by atoms with Crippen molar-refractivity contribution in [1.82, 2.24) is 16.0 Å². The third-order valence-corrected chi connectivity index (χ3v) is 17.8. The van der Waals surface area contributed by atoms with Crippen molar-refractivity contribution in [1.29, 1.82) is 0 Å². The van der Waals surface area contributed by atoms with Crippen LogP contribution in [0.15, 0.2) is 0 Å². The molecule has 3 amide bonds. The van der Waals surface area contributed by atoms with Gasteiger partial charge in [0.2, 0.25) is 0 Å². The van der Waals surface area contributed by atoms with Gasteiger partial charge in [-0.05, 0) is 32.1 Å². The molecular weight excluding hydrogens is 823 g/mol. The molecule has 3 N–H and O–H groups in total. The van der Waals surface area contributed by atoms with E-state index in [0.717, 1.165) is 0 Å². The smallest absolute Gasteiger partial charge is 0.447 e. The Morgan fingerprint density at radius 1 is 0.431 bits per heavy atom. The summed E-state index contributed by atoms with van der Waals surface area (Å²) in [6, 6.07) is 1.62. The molecule has 0 rings (SSSR count). The number of ether oxygens (including phenoxy) is 6. The number of carbonyl (C=O) groups is 3. The van der Waals surface area contributed by atoms with Gasteiger partial charge in [-0.15, -0.1) is 0 Å². The fourth-order valence-electron chi connectivity index (χ4n) is 5.42. The van der Waals surface area contributed by atoms with E-state index in [4.69, 9.17) is 68.3 Å². The molecule has 344 valence electrons. The Balaban J connectivity index is 4.84. The molecule has 0 heterocycles. The molecule has 58 heavy (non-hydrogen) atoms. The van der Waals surface area contributed by atoms with Crippen molar-refractivity contribution in [3.8, 4) is 0 Å². The second-order valence-electron chi connectivity index (χ2n) is 12.7. The van der Waals surface area contributed by atoms with Crippen LogP contribution in [0.4, 0.5) is 14.4 Å². The maximum Gasteiger partial charge on any atom is 0.500 e. The molecule has 0 saturated heterocycles. The Bertz CT molecular complexity index is 987. The number of amides is 3. The third-order valence-electron chi connectivity index (χ3n) is 9.31. The molecule has 0 saturated carbocycles. The van der Waals surface area contributed by atoms with Crippen molar-refractivity contribution >= 4 is 44.7 Å². The highest BCUT2D eigenvalue weighted by molar-refractivity contribution is 6.61. The van der Waals surface area contributed by atoms with Crippen LogP contribution in [-0.2, 0) is 68.3 Å². The SMILES string of the molecule is CCC(CCOCCOC(=O)NCCC[Si](OC)(OC)OC)(COCCOC(=O)NCCC[Si](OC)(OC)OC)COCCOC(=O)NCCC[Si](OC)(OC)OC. The fraction of sp³-hybridized carbons (Fsp3) is 0.912. The molecule has 0 atom stereocenters. The topological polar surface area (TPSA) is 226 Å². The van der Waals surface area contributed by atoms with E-state index < -0.39 is 50.1 Å². The normalized spacial score (nSPS) is 12.3. The van der Waals surface area contributed by atoms with E-state index in [1.807, 2.05) is 6.92 Å².